The van der Waals surface area contributed by atoms with E-state index in [2.05, 4.69) is 5.16 Å². The molecule has 0 aliphatic carbocycles. The van der Waals surface area contributed by atoms with E-state index in [1.54, 1.807) is 30.3 Å². The minimum Gasteiger partial charge on any atom is -0.481 e. The van der Waals surface area contributed by atoms with E-state index in [9.17, 15) is 14.7 Å². The van der Waals surface area contributed by atoms with E-state index >= 15 is 0 Å². The average Bonchev–Trinajstić information content (AvgIpc) is 3.23. The van der Waals surface area contributed by atoms with Gasteiger partial charge in [0.05, 0.1) is 6.61 Å². The number of halogens is 1. The summed E-state index contributed by atoms with van der Waals surface area (Å²) in [6.45, 7) is 0.469. The van der Waals surface area contributed by atoms with Gasteiger partial charge in [-0.3, -0.25) is 9.59 Å². The van der Waals surface area contributed by atoms with Crippen molar-refractivity contribution in [1.29, 1.82) is 0 Å². The Morgan fingerprint density at radius 1 is 1.40 bits per heavy atom. The highest BCUT2D eigenvalue weighted by Gasteiger charge is 2.46. The molecule has 0 spiro atoms. The van der Waals surface area contributed by atoms with Gasteiger partial charge in [0, 0.05) is 36.9 Å². The summed E-state index contributed by atoms with van der Waals surface area (Å²) >= 11 is 5.85. The fraction of sp³-hybridized carbons (Fsp3) is 0.353. The van der Waals surface area contributed by atoms with Crippen molar-refractivity contribution in [3.8, 4) is 11.3 Å². The van der Waals surface area contributed by atoms with E-state index in [1.165, 1.54) is 12.0 Å². The molecule has 1 fully saturated rings. The van der Waals surface area contributed by atoms with Crippen LogP contribution in [0.2, 0.25) is 5.02 Å². The lowest BCUT2D eigenvalue weighted by molar-refractivity contribution is -0.151. The van der Waals surface area contributed by atoms with Crippen LogP contribution in [0, 0.1) is 5.41 Å². The third-order valence-electron chi connectivity index (χ3n) is 4.37. The molecule has 1 aromatic heterocycles. The molecule has 1 amide bonds. The van der Waals surface area contributed by atoms with Crippen molar-refractivity contribution in [1.82, 2.24) is 10.1 Å². The van der Waals surface area contributed by atoms with Gasteiger partial charge in [-0.05, 0) is 30.7 Å². The molecule has 0 saturated carbocycles. The van der Waals surface area contributed by atoms with Crippen molar-refractivity contribution in [2.24, 2.45) is 5.41 Å². The molecule has 1 saturated heterocycles. The third-order valence-corrected chi connectivity index (χ3v) is 4.63. The first-order valence-electron chi connectivity index (χ1n) is 7.69. The second-order valence-electron chi connectivity index (χ2n) is 6.08. The molecule has 0 bridgehead atoms. The third kappa shape index (κ3) is 3.38. The van der Waals surface area contributed by atoms with Crippen LogP contribution in [-0.2, 0) is 9.53 Å². The number of benzene rings is 1. The zero-order valence-corrected chi connectivity index (χ0v) is 14.3. The molecule has 2 heterocycles. The van der Waals surface area contributed by atoms with Crippen LogP contribution in [-0.4, -0.2) is 53.8 Å². The Balaban J connectivity index is 1.76. The summed E-state index contributed by atoms with van der Waals surface area (Å²) in [5.41, 5.74) is -0.187. The Labute approximate surface area is 149 Å². The molecule has 1 aromatic carbocycles. The molecular weight excluding hydrogens is 348 g/mol. The molecule has 1 aliphatic heterocycles. The standard InChI is InChI=1S/C17H17ClN2O5/c1-24-10-17(16(22)23)6-7-20(9-17)15(21)13-8-14(25-19-13)11-2-4-12(18)5-3-11/h2-5,8H,6-7,9-10H2,1H3,(H,22,23). The fourth-order valence-corrected chi connectivity index (χ4v) is 3.09. The summed E-state index contributed by atoms with van der Waals surface area (Å²) in [5, 5.41) is 13.9. The van der Waals surface area contributed by atoms with Crippen LogP contribution >= 0.6 is 11.6 Å². The number of methoxy groups -OCH3 is 1. The number of ether oxygens (including phenoxy) is 1. The molecule has 25 heavy (non-hydrogen) atoms. The summed E-state index contributed by atoms with van der Waals surface area (Å²) in [7, 11) is 1.45. The van der Waals surface area contributed by atoms with Gasteiger partial charge in [0.15, 0.2) is 11.5 Å². The minimum absolute atomic E-state index is 0.0565. The number of hydrogen-bond donors (Lipinski definition) is 1. The number of rotatable bonds is 5. The number of amides is 1. The van der Waals surface area contributed by atoms with Gasteiger partial charge >= 0.3 is 5.97 Å². The number of carbonyl (C=O) groups excluding carboxylic acids is 1. The maximum Gasteiger partial charge on any atom is 0.313 e. The molecule has 2 aromatic rings. The topological polar surface area (TPSA) is 92.9 Å². The molecule has 1 aliphatic rings. The number of carbonyl (C=O) groups is 2. The van der Waals surface area contributed by atoms with Crippen molar-refractivity contribution in [2.45, 2.75) is 6.42 Å². The second-order valence-corrected chi connectivity index (χ2v) is 6.51. The highest BCUT2D eigenvalue weighted by Crippen LogP contribution is 2.32. The largest absolute Gasteiger partial charge is 0.481 e. The van der Waals surface area contributed by atoms with Crippen molar-refractivity contribution in [2.75, 3.05) is 26.8 Å². The average molecular weight is 365 g/mol. The molecule has 3 rings (SSSR count). The normalized spacial score (nSPS) is 20.0. The molecule has 0 radical (unpaired) electrons. The highest BCUT2D eigenvalue weighted by molar-refractivity contribution is 6.30. The molecule has 1 N–H and O–H groups in total. The zero-order valence-electron chi connectivity index (χ0n) is 13.6. The van der Waals surface area contributed by atoms with Crippen LogP contribution in [0.25, 0.3) is 11.3 Å². The quantitative estimate of drug-likeness (QED) is 0.876. The van der Waals surface area contributed by atoms with Crippen molar-refractivity contribution in [3.05, 3.63) is 41.0 Å². The molecular formula is C17H17ClN2O5. The van der Waals surface area contributed by atoms with E-state index < -0.39 is 11.4 Å². The highest BCUT2D eigenvalue weighted by atomic mass is 35.5. The van der Waals surface area contributed by atoms with Crippen LogP contribution in [0.3, 0.4) is 0 Å². The lowest BCUT2D eigenvalue weighted by Crippen LogP contribution is -2.40. The molecule has 8 heteroatoms. The number of nitrogens with zero attached hydrogens (tertiary/aromatic N) is 2. The van der Waals surface area contributed by atoms with Crippen LogP contribution < -0.4 is 0 Å². The van der Waals surface area contributed by atoms with Gasteiger partial charge < -0.3 is 19.3 Å². The Morgan fingerprint density at radius 3 is 2.76 bits per heavy atom. The number of carboxylic acid groups (broad SMARTS) is 1. The summed E-state index contributed by atoms with van der Waals surface area (Å²) in [5.74, 6) is -0.879. The maximum absolute atomic E-state index is 12.6. The molecule has 1 atom stereocenters. The van der Waals surface area contributed by atoms with E-state index in [4.69, 9.17) is 20.9 Å². The summed E-state index contributed by atoms with van der Waals surface area (Å²) < 4.78 is 10.3. The molecule has 7 nitrogen and oxygen atoms in total. The van der Waals surface area contributed by atoms with Crippen LogP contribution in [0.1, 0.15) is 16.9 Å². The van der Waals surface area contributed by atoms with Gasteiger partial charge in [-0.1, -0.05) is 16.8 Å². The van der Waals surface area contributed by atoms with Crippen molar-refractivity contribution >= 4 is 23.5 Å². The van der Waals surface area contributed by atoms with Crippen LogP contribution in [0.5, 0.6) is 0 Å². The Hall–Kier alpha value is -2.38. The second kappa shape index (κ2) is 6.85. The summed E-state index contributed by atoms with van der Waals surface area (Å²) in [6.07, 6.45) is 0.337. The van der Waals surface area contributed by atoms with Gasteiger partial charge in [-0.25, -0.2) is 0 Å². The van der Waals surface area contributed by atoms with Crippen LogP contribution in [0.15, 0.2) is 34.9 Å². The lowest BCUT2D eigenvalue weighted by atomic mass is 9.88. The maximum atomic E-state index is 12.6. The first-order valence-corrected chi connectivity index (χ1v) is 8.07. The predicted molar refractivity (Wildman–Crippen MR) is 89.4 cm³/mol. The Morgan fingerprint density at radius 2 is 2.12 bits per heavy atom. The van der Waals surface area contributed by atoms with Crippen molar-refractivity contribution in [3.63, 3.8) is 0 Å². The smallest absolute Gasteiger partial charge is 0.313 e. The Kier molecular flexibility index (Phi) is 4.78. The van der Waals surface area contributed by atoms with Crippen LogP contribution in [0.4, 0.5) is 0 Å². The predicted octanol–water partition coefficient (Wildman–Crippen LogP) is 2.56. The fourth-order valence-electron chi connectivity index (χ4n) is 2.96. The van der Waals surface area contributed by atoms with Gasteiger partial charge in [0.1, 0.15) is 5.41 Å². The summed E-state index contributed by atoms with van der Waals surface area (Å²) in [6, 6.07) is 8.51. The number of likely N-dealkylation sites (tertiary alicyclic amines) is 1. The van der Waals surface area contributed by atoms with E-state index in [0.29, 0.717) is 23.7 Å². The molecule has 132 valence electrons. The van der Waals surface area contributed by atoms with E-state index in [-0.39, 0.29) is 24.8 Å². The van der Waals surface area contributed by atoms with E-state index in [0.717, 1.165) is 5.56 Å². The number of hydrogen-bond acceptors (Lipinski definition) is 5. The van der Waals surface area contributed by atoms with Gasteiger partial charge in [0.2, 0.25) is 0 Å². The lowest BCUT2D eigenvalue weighted by Gasteiger charge is -2.23. The van der Waals surface area contributed by atoms with Gasteiger partial charge in [-0.2, -0.15) is 0 Å². The summed E-state index contributed by atoms with van der Waals surface area (Å²) in [4.78, 5) is 25.6. The number of carboxylic acids is 1. The first kappa shape index (κ1) is 17.4. The first-order chi connectivity index (χ1) is 11.9. The molecule has 1 unspecified atom stereocenters. The Bertz CT molecular complexity index is 789. The number of aromatic nitrogens is 1. The minimum atomic E-state index is -1.08. The van der Waals surface area contributed by atoms with Gasteiger partial charge in [0.25, 0.3) is 5.91 Å². The van der Waals surface area contributed by atoms with E-state index in [1.807, 2.05) is 0 Å². The zero-order chi connectivity index (χ0) is 18.0. The number of aliphatic carboxylic acids is 1. The van der Waals surface area contributed by atoms with Gasteiger partial charge in [-0.15, -0.1) is 0 Å². The SMILES string of the molecule is COCC1(C(=O)O)CCN(C(=O)c2cc(-c3ccc(Cl)cc3)on2)C1. The van der Waals surface area contributed by atoms with Crippen molar-refractivity contribution < 1.29 is 24.0 Å². The monoisotopic (exact) mass is 364 g/mol.